The highest BCUT2D eigenvalue weighted by Gasteiger charge is 2.32. The van der Waals surface area contributed by atoms with E-state index < -0.39 is 0 Å². The van der Waals surface area contributed by atoms with Crippen molar-refractivity contribution in [3.63, 3.8) is 0 Å². The summed E-state index contributed by atoms with van der Waals surface area (Å²) in [5.74, 6) is 1.71. The fourth-order valence-electron chi connectivity index (χ4n) is 3.14. The SMILES string of the molecule is COc1ccccc1-c1ncc(-c2nccn2C2CCN(C)C2=O)s1. The predicted octanol–water partition coefficient (Wildman–Crippen LogP) is 3.09. The average Bonchev–Trinajstić information content (AvgIpc) is 3.36. The highest BCUT2D eigenvalue weighted by atomic mass is 32.1. The van der Waals surface area contributed by atoms with E-state index in [0.29, 0.717) is 0 Å². The lowest BCUT2D eigenvalue weighted by Crippen LogP contribution is -2.24. The van der Waals surface area contributed by atoms with Crippen LogP contribution >= 0.6 is 11.3 Å². The number of rotatable bonds is 4. The molecule has 0 radical (unpaired) electrons. The highest BCUT2D eigenvalue weighted by Crippen LogP contribution is 2.37. The third-order valence-corrected chi connectivity index (χ3v) is 5.49. The number of likely N-dealkylation sites (N-methyl/N-ethyl adjacent to an activating group) is 1. The average molecular weight is 354 g/mol. The first kappa shape index (κ1) is 15.8. The van der Waals surface area contributed by atoms with Gasteiger partial charge >= 0.3 is 0 Å². The van der Waals surface area contributed by atoms with Crippen molar-refractivity contribution in [1.82, 2.24) is 19.4 Å². The summed E-state index contributed by atoms with van der Waals surface area (Å²) in [6.07, 6.45) is 6.23. The second-order valence-electron chi connectivity index (χ2n) is 5.95. The van der Waals surface area contributed by atoms with Gasteiger partial charge in [0.2, 0.25) is 5.91 Å². The minimum absolute atomic E-state index is 0.133. The van der Waals surface area contributed by atoms with Crippen molar-refractivity contribution in [1.29, 1.82) is 0 Å². The van der Waals surface area contributed by atoms with E-state index >= 15 is 0 Å². The molecule has 1 amide bonds. The Morgan fingerprint density at radius 1 is 1.28 bits per heavy atom. The van der Waals surface area contributed by atoms with Crippen molar-refractivity contribution in [3.05, 3.63) is 42.9 Å². The standard InChI is InChI=1S/C18H18N4O2S/c1-21-9-7-13(18(21)23)22-10-8-19-16(22)15-11-20-17(25-15)12-5-3-4-6-14(12)24-2/h3-6,8,10-11,13H,7,9H2,1-2H3. The molecule has 1 unspecified atom stereocenters. The molecule has 0 N–H and O–H groups in total. The van der Waals surface area contributed by atoms with Crippen molar-refractivity contribution in [2.75, 3.05) is 20.7 Å². The third-order valence-electron chi connectivity index (χ3n) is 4.47. The molecule has 1 atom stereocenters. The molecule has 6 nitrogen and oxygen atoms in total. The third kappa shape index (κ3) is 2.70. The van der Waals surface area contributed by atoms with Gasteiger partial charge in [0.15, 0.2) is 5.82 Å². The molecule has 1 fully saturated rings. The fourth-order valence-corrected chi connectivity index (χ4v) is 4.09. The molecule has 25 heavy (non-hydrogen) atoms. The van der Waals surface area contributed by atoms with Gasteiger partial charge in [-0.05, 0) is 18.6 Å². The number of methoxy groups -OCH3 is 1. The number of carbonyl (C=O) groups excluding carboxylic acids is 1. The molecule has 1 aliphatic rings. The number of hydrogen-bond donors (Lipinski definition) is 0. The van der Waals surface area contributed by atoms with Gasteiger partial charge < -0.3 is 14.2 Å². The molecular weight excluding hydrogens is 336 g/mol. The summed E-state index contributed by atoms with van der Waals surface area (Å²) in [6, 6.07) is 7.63. The largest absolute Gasteiger partial charge is 0.496 e. The highest BCUT2D eigenvalue weighted by molar-refractivity contribution is 7.18. The Labute approximate surface area is 149 Å². The molecule has 0 bridgehead atoms. The van der Waals surface area contributed by atoms with E-state index in [-0.39, 0.29) is 11.9 Å². The van der Waals surface area contributed by atoms with Crippen LogP contribution in [0.2, 0.25) is 0 Å². The monoisotopic (exact) mass is 354 g/mol. The van der Waals surface area contributed by atoms with E-state index in [1.54, 1.807) is 29.5 Å². The van der Waals surface area contributed by atoms with Crippen LogP contribution in [-0.2, 0) is 4.79 Å². The molecule has 4 rings (SSSR count). The summed E-state index contributed by atoms with van der Waals surface area (Å²) in [7, 11) is 3.49. The van der Waals surface area contributed by atoms with Crippen LogP contribution in [0.1, 0.15) is 12.5 Å². The van der Waals surface area contributed by atoms with E-state index in [1.807, 2.05) is 48.3 Å². The summed E-state index contributed by atoms with van der Waals surface area (Å²) < 4.78 is 7.39. The Bertz CT molecular complexity index is 917. The van der Waals surface area contributed by atoms with Gasteiger partial charge in [-0.3, -0.25) is 4.79 Å². The molecular formula is C18H18N4O2S. The number of thiazole rings is 1. The van der Waals surface area contributed by atoms with Gasteiger partial charge in [0.1, 0.15) is 16.8 Å². The number of ether oxygens (including phenoxy) is 1. The summed E-state index contributed by atoms with van der Waals surface area (Å²) in [5, 5.41) is 0.872. The second-order valence-corrected chi connectivity index (χ2v) is 6.98. The quantitative estimate of drug-likeness (QED) is 0.722. The van der Waals surface area contributed by atoms with Gasteiger partial charge in [-0.2, -0.15) is 0 Å². The number of benzene rings is 1. The summed E-state index contributed by atoms with van der Waals surface area (Å²) in [4.78, 5) is 24.1. The number of imidazole rings is 1. The number of amides is 1. The fraction of sp³-hybridized carbons (Fsp3) is 0.278. The molecule has 2 aromatic heterocycles. The lowest BCUT2D eigenvalue weighted by Gasteiger charge is -2.13. The zero-order chi connectivity index (χ0) is 17.4. The molecule has 1 aliphatic heterocycles. The molecule has 0 spiro atoms. The minimum atomic E-state index is -0.181. The number of aromatic nitrogens is 3. The van der Waals surface area contributed by atoms with Gasteiger partial charge in [0.05, 0.1) is 17.6 Å². The molecule has 128 valence electrons. The van der Waals surface area contributed by atoms with Gasteiger partial charge in [-0.1, -0.05) is 12.1 Å². The molecule has 0 saturated carbocycles. The lowest BCUT2D eigenvalue weighted by atomic mass is 10.2. The summed E-state index contributed by atoms with van der Waals surface area (Å²) >= 11 is 1.55. The van der Waals surface area contributed by atoms with Crippen LogP contribution in [0.4, 0.5) is 0 Å². The maximum absolute atomic E-state index is 12.3. The number of nitrogens with zero attached hydrogens (tertiary/aromatic N) is 4. The molecule has 3 aromatic rings. The zero-order valence-corrected chi connectivity index (χ0v) is 14.9. The van der Waals surface area contributed by atoms with Crippen molar-refractivity contribution in [3.8, 4) is 27.0 Å². The summed E-state index contributed by atoms with van der Waals surface area (Å²) in [5.41, 5.74) is 0.955. The van der Waals surface area contributed by atoms with Crippen LogP contribution in [0.3, 0.4) is 0 Å². The Balaban J connectivity index is 1.70. The lowest BCUT2D eigenvalue weighted by molar-refractivity contribution is -0.129. The molecule has 7 heteroatoms. The second kappa shape index (κ2) is 6.33. The van der Waals surface area contributed by atoms with Gasteiger partial charge in [-0.25, -0.2) is 9.97 Å². The van der Waals surface area contributed by atoms with Crippen LogP contribution < -0.4 is 4.74 Å². The van der Waals surface area contributed by atoms with Crippen molar-refractivity contribution in [2.45, 2.75) is 12.5 Å². The van der Waals surface area contributed by atoms with Gasteiger partial charge in [0, 0.05) is 32.2 Å². The van der Waals surface area contributed by atoms with Crippen LogP contribution in [0.15, 0.2) is 42.9 Å². The van der Waals surface area contributed by atoms with E-state index in [0.717, 1.165) is 40.0 Å². The first-order valence-corrected chi connectivity index (χ1v) is 8.88. The molecule has 1 saturated heterocycles. The maximum Gasteiger partial charge on any atom is 0.245 e. The van der Waals surface area contributed by atoms with E-state index in [1.165, 1.54) is 0 Å². The minimum Gasteiger partial charge on any atom is -0.496 e. The van der Waals surface area contributed by atoms with E-state index in [9.17, 15) is 4.79 Å². The number of carbonyl (C=O) groups is 1. The number of hydrogen-bond acceptors (Lipinski definition) is 5. The first-order chi connectivity index (χ1) is 12.2. The van der Waals surface area contributed by atoms with E-state index in [4.69, 9.17) is 4.74 Å². The van der Waals surface area contributed by atoms with Crippen LogP contribution in [0, 0.1) is 0 Å². The Kier molecular flexibility index (Phi) is 4.01. The van der Waals surface area contributed by atoms with Crippen molar-refractivity contribution < 1.29 is 9.53 Å². The zero-order valence-electron chi connectivity index (χ0n) is 14.0. The molecule has 1 aromatic carbocycles. The maximum atomic E-state index is 12.3. The normalized spacial score (nSPS) is 17.3. The Morgan fingerprint density at radius 2 is 2.12 bits per heavy atom. The van der Waals surface area contributed by atoms with E-state index in [2.05, 4.69) is 9.97 Å². The van der Waals surface area contributed by atoms with Gasteiger partial charge in [0.25, 0.3) is 0 Å². The van der Waals surface area contributed by atoms with Crippen molar-refractivity contribution in [2.24, 2.45) is 0 Å². The first-order valence-electron chi connectivity index (χ1n) is 8.06. The summed E-state index contributed by atoms with van der Waals surface area (Å²) in [6.45, 7) is 0.774. The number of para-hydroxylation sites is 1. The molecule has 0 aliphatic carbocycles. The Hall–Kier alpha value is -2.67. The van der Waals surface area contributed by atoms with Crippen LogP contribution in [0.25, 0.3) is 21.3 Å². The van der Waals surface area contributed by atoms with Crippen LogP contribution in [0.5, 0.6) is 5.75 Å². The smallest absolute Gasteiger partial charge is 0.245 e. The van der Waals surface area contributed by atoms with Crippen LogP contribution in [-0.4, -0.2) is 46.0 Å². The van der Waals surface area contributed by atoms with Gasteiger partial charge in [-0.15, -0.1) is 11.3 Å². The number of likely N-dealkylation sites (tertiary alicyclic amines) is 1. The molecule has 3 heterocycles. The predicted molar refractivity (Wildman–Crippen MR) is 96.6 cm³/mol. The van der Waals surface area contributed by atoms with Crippen molar-refractivity contribution >= 4 is 17.2 Å². The Morgan fingerprint density at radius 3 is 2.88 bits per heavy atom. The topological polar surface area (TPSA) is 60.3 Å².